The molecule has 3 heteroatoms. The molecule has 0 spiro atoms. The smallest absolute Gasteiger partial charge is 0.314 e. The first-order chi connectivity index (χ1) is 6.72. The number of carbonyl (C=O) groups is 1. The van der Waals surface area contributed by atoms with Crippen molar-refractivity contribution in [3.63, 3.8) is 0 Å². The second-order valence-electron chi connectivity index (χ2n) is 2.87. The van der Waals surface area contributed by atoms with Gasteiger partial charge in [0.25, 0.3) is 0 Å². The van der Waals surface area contributed by atoms with E-state index in [1.54, 1.807) is 24.3 Å². The number of hydrogen-bond donors (Lipinski definition) is 0. The first-order valence-electron chi connectivity index (χ1n) is 4.49. The first-order valence-corrected chi connectivity index (χ1v) is 4.87. The van der Waals surface area contributed by atoms with Crippen LogP contribution in [0.5, 0.6) is 0 Å². The van der Waals surface area contributed by atoms with Gasteiger partial charge in [-0.25, -0.2) is 0 Å². The average molecular weight is 212 g/mol. The number of halogens is 1. The summed E-state index contributed by atoms with van der Waals surface area (Å²) in [6.07, 6.45) is 2.26. The fourth-order valence-corrected chi connectivity index (χ4v) is 1.18. The van der Waals surface area contributed by atoms with E-state index in [4.69, 9.17) is 16.3 Å². The summed E-state index contributed by atoms with van der Waals surface area (Å²) in [5.74, 6) is -0.325. The second-order valence-corrected chi connectivity index (χ2v) is 3.30. The van der Waals surface area contributed by atoms with Crippen LogP contribution < -0.4 is 0 Å². The lowest BCUT2D eigenvalue weighted by molar-refractivity contribution is -0.139. The molecule has 0 aliphatic carbocycles. The molecule has 0 aliphatic heterocycles. The molecule has 14 heavy (non-hydrogen) atoms. The Labute approximate surface area is 88.8 Å². The van der Waals surface area contributed by atoms with Gasteiger partial charge in [-0.15, -0.1) is 0 Å². The van der Waals surface area contributed by atoms with Crippen molar-refractivity contribution in [3.8, 4) is 0 Å². The van der Waals surface area contributed by atoms with Crippen LogP contribution in [0, 0.1) is 6.42 Å². The van der Waals surface area contributed by atoms with Crippen LogP contribution in [-0.4, -0.2) is 12.6 Å². The molecule has 0 saturated carbocycles. The third kappa shape index (κ3) is 3.79. The number of carbonyl (C=O) groups excluding carboxylic acids is 1. The van der Waals surface area contributed by atoms with Gasteiger partial charge in [-0.1, -0.05) is 30.7 Å². The van der Waals surface area contributed by atoms with Gasteiger partial charge in [-0.05, 0) is 24.1 Å². The van der Waals surface area contributed by atoms with E-state index in [1.807, 2.05) is 6.92 Å². The van der Waals surface area contributed by atoms with E-state index < -0.39 is 0 Å². The monoisotopic (exact) mass is 211 g/mol. The molecule has 2 nitrogen and oxygen atoms in total. The summed E-state index contributed by atoms with van der Waals surface area (Å²) in [5.41, 5.74) is 0.763. The SMILES string of the molecule is CCCOC(=O)[CH]c1cccc(Cl)c1. The molecule has 1 radical (unpaired) electrons. The molecule has 0 saturated heterocycles. The maximum Gasteiger partial charge on any atom is 0.314 e. The molecule has 0 atom stereocenters. The third-order valence-corrected chi connectivity index (χ3v) is 1.82. The van der Waals surface area contributed by atoms with Crippen LogP contribution in [0.3, 0.4) is 0 Å². The Morgan fingerprint density at radius 1 is 1.57 bits per heavy atom. The molecule has 0 N–H and O–H groups in total. The minimum atomic E-state index is -0.325. The Balaban J connectivity index is 2.47. The molecule has 0 aliphatic rings. The fraction of sp³-hybridized carbons (Fsp3) is 0.273. The minimum Gasteiger partial charge on any atom is -0.465 e. The molecular weight excluding hydrogens is 200 g/mol. The quantitative estimate of drug-likeness (QED) is 0.716. The van der Waals surface area contributed by atoms with Crippen molar-refractivity contribution in [3.05, 3.63) is 41.3 Å². The van der Waals surface area contributed by atoms with Crippen molar-refractivity contribution in [2.24, 2.45) is 0 Å². The van der Waals surface area contributed by atoms with E-state index >= 15 is 0 Å². The van der Waals surface area contributed by atoms with Crippen LogP contribution in [0.2, 0.25) is 5.02 Å². The van der Waals surface area contributed by atoms with E-state index in [0.29, 0.717) is 11.6 Å². The normalized spacial score (nSPS) is 9.86. The van der Waals surface area contributed by atoms with Crippen molar-refractivity contribution in [1.82, 2.24) is 0 Å². The van der Waals surface area contributed by atoms with Crippen LogP contribution in [0.25, 0.3) is 0 Å². The van der Waals surface area contributed by atoms with Crippen LogP contribution in [-0.2, 0) is 9.53 Å². The van der Waals surface area contributed by atoms with Crippen molar-refractivity contribution < 1.29 is 9.53 Å². The van der Waals surface area contributed by atoms with Gasteiger partial charge in [0.1, 0.15) is 0 Å². The molecule has 1 rings (SSSR count). The van der Waals surface area contributed by atoms with E-state index in [9.17, 15) is 4.79 Å². The summed E-state index contributed by atoms with van der Waals surface area (Å²) in [6.45, 7) is 2.41. The van der Waals surface area contributed by atoms with Gasteiger partial charge < -0.3 is 4.74 Å². The third-order valence-electron chi connectivity index (χ3n) is 1.58. The van der Waals surface area contributed by atoms with Crippen molar-refractivity contribution >= 4 is 17.6 Å². The van der Waals surface area contributed by atoms with E-state index in [2.05, 4.69) is 0 Å². The lowest BCUT2D eigenvalue weighted by Gasteiger charge is -2.02. The molecule has 0 aromatic heterocycles. The van der Waals surface area contributed by atoms with Gasteiger partial charge in [0.2, 0.25) is 0 Å². The summed E-state index contributed by atoms with van der Waals surface area (Å²) in [4.78, 5) is 11.2. The van der Waals surface area contributed by atoms with Gasteiger partial charge in [0.15, 0.2) is 0 Å². The van der Waals surface area contributed by atoms with Crippen molar-refractivity contribution in [2.45, 2.75) is 13.3 Å². The van der Waals surface area contributed by atoms with Crippen LogP contribution in [0.1, 0.15) is 18.9 Å². The summed E-state index contributed by atoms with van der Waals surface area (Å²) >= 11 is 5.76. The van der Waals surface area contributed by atoms with Gasteiger partial charge in [-0.3, -0.25) is 4.79 Å². The summed E-state index contributed by atoms with van der Waals surface area (Å²) in [6, 6.07) is 7.07. The van der Waals surface area contributed by atoms with Gasteiger partial charge in [0.05, 0.1) is 13.0 Å². The van der Waals surface area contributed by atoms with E-state index in [-0.39, 0.29) is 5.97 Å². The first kappa shape index (κ1) is 11.1. The number of benzene rings is 1. The zero-order chi connectivity index (χ0) is 10.4. The Morgan fingerprint density at radius 2 is 2.36 bits per heavy atom. The lowest BCUT2D eigenvalue weighted by Crippen LogP contribution is -2.06. The summed E-state index contributed by atoms with van der Waals surface area (Å²) in [5, 5.41) is 0.613. The van der Waals surface area contributed by atoms with Crippen LogP contribution in [0.4, 0.5) is 0 Å². The molecule has 0 unspecified atom stereocenters. The van der Waals surface area contributed by atoms with E-state index in [1.165, 1.54) is 6.42 Å². The summed E-state index contributed by atoms with van der Waals surface area (Å²) < 4.78 is 4.90. The van der Waals surface area contributed by atoms with Gasteiger partial charge in [-0.2, -0.15) is 0 Å². The highest BCUT2D eigenvalue weighted by molar-refractivity contribution is 6.30. The molecule has 75 valence electrons. The second kappa shape index (κ2) is 5.66. The fourth-order valence-electron chi connectivity index (χ4n) is 0.977. The van der Waals surface area contributed by atoms with Crippen molar-refractivity contribution in [1.29, 1.82) is 0 Å². The number of esters is 1. The van der Waals surface area contributed by atoms with Crippen molar-refractivity contribution in [2.75, 3.05) is 6.61 Å². The van der Waals surface area contributed by atoms with E-state index in [0.717, 1.165) is 12.0 Å². The predicted octanol–water partition coefficient (Wildman–Crippen LogP) is 2.85. The summed E-state index contributed by atoms with van der Waals surface area (Å²) in [7, 11) is 0. The van der Waals surface area contributed by atoms with Gasteiger partial charge >= 0.3 is 5.97 Å². The highest BCUT2D eigenvalue weighted by atomic mass is 35.5. The Bertz CT molecular complexity index is 310. The standard InChI is InChI=1S/C11H12ClO2/c1-2-6-14-11(13)8-9-4-3-5-10(12)7-9/h3-5,7-8H,2,6H2,1H3. The molecule has 0 heterocycles. The molecule has 0 bridgehead atoms. The average Bonchev–Trinajstić information content (AvgIpc) is 2.15. The molecule has 0 fully saturated rings. The van der Waals surface area contributed by atoms with Crippen LogP contribution >= 0.6 is 11.6 Å². The zero-order valence-electron chi connectivity index (χ0n) is 8.00. The molecule has 0 amide bonds. The number of rotatable bonds is 4. The molecule has 1 aromatic rings. The predicted molar refractivity (Wildman–Crippen MR) is 56.1 cm³/mol. The Kier molecular flexibility index (Phi) is 4.47. The number of ether oxygens (including phenoxy) is 1. The highest BCUT2D eigenvalue weighted by Gasteiger charge is 2.04. The minimum absolute atomic E-state index is 0.325. The Morgan fingerprint density at radius 3 is 3.00 bits per heavy atom. The van der Waals surface area contributed by atoms with Crippen LogP contribution in [0.15, 0.2) is 24.3 Å². The maximum atomic E-state index is 11.2. The van der Waals surface area contributed by atoms with Gasteiger partial charge in [0, 0.05) is 5.02 Å². The highest BCUT2D eigenvalue weighted by Crippen LogP contribution is 2.12. The maximum absolute atomic E-state index is 11.2. The Hall–Kier alpha value is -1.02. The largest absolute Gasteiger partial charge is 0.465 e. The molecule has 1 aromatic carbocycles. The lowest BCUT2D eigenvalue weighted by atomic mass is 10.1. The zero-order valence-corrected chi connectivity index (χ0v) is 8.75. The molecular formula is C11H12ClO2. The topological polar surface area (TPSA) is 26.3 Å². The number of hydrogen-bond acceptors (Lipinski definition) is 2.